The minimum atomic E-state index is -1.20. The van der Waals surface area contributed by atoms with Crippen LogP contribution in [-0.4, -0.2) is 26.7 Å². The van der Waals surface area contributed by atoms with Crippen LogP contribution in [0, 0.1) is 10.1 Å². The van der Waals surface area contributed by atoms with Gasteiger partial charge in [0, 0.05) is 6.20 Å². The SMILES string of the molecule is C/C(=N/Nc1ccncc1[N+](=O)[O-])C(=O)O. The molecule has 0 unspecified atom stereocenters. The lowest BCUT2D eigenvalue weighted by atomic mass is 10.3. The molecule has 0 spiro atoms. The lowest BCUT2D eigenvalue weighted by Crippen LogP contribution is -2.10. The van der Waals surface area contributed by atoms with Crippen LogP contribution in [0.25, 0.3) is 0 Å². The molecule has 0 aromatic carbocycles. The molecule has 0 saturated heterocycles. The molecule has 0 fully saturated rings. The summed E-state index contributed by atoms with van der Waals surface area (Å²) in [6.45, 7) is 1.27. The van der Waals surface area contributed by atoms with E-state index in [-0.39, 0.29) is 17.1 Å². The van der Waals surface area contributed by atoms with Gasteiger partial charge in [-0.3, -0.25) is 20.5 Å². The third kappa shape index (κ3) is 2.74. The van der Waals surface area contributed by atoms with Crippen molar-refractivity contribution < 1.29 is 14.8 Å². The number of nitrogens with zero attached hydrogens (tertiary/aromatic N) is 3. The van der Waals surface area contributed by atoms with E-state index in [1.54, 1.807) is 0 Å². The number of anilines is 1. The Bertz CT molecular complexity index is 457. The van der Waals surface area contributed by atoms with Crippen LogP contribution in [0.3, 0.4) is 0 Å². The van der Waals surface area contributed by atoms with E-state index in [0.717, 1.165) is 6.20 Å². The molecule has 0 amide bonds. The van der Waals surface area contributed by atoms with E-state index in [9.17, 15) is 14.9 Å². The van der Waals surface area contributed by atoms with Gasteiger partial charge in [0.05, 0.1) is 4.92 Å². The van der Waals surface area contributed by atoms with Gasteiger partial charge in [0.1, 0.15) is 17.6 Å². The maximum atomic E-state index is 10.6. The molecule has 0 bridgehead atoms. The first-order valence-electron chi connectivity index (χ1n) is 4.14. The molecule has 1 heterocycles. The van der Waals surface area contributed by atoms with Crippen LogP contribution in [-0.2, 0) is 4.79 Å². The summed E-state index contributed by atoms with van der Waals surface area (Å²) in [5.74, 6) is -1.20. The molecule has 0 atom stereocenters. The van der Waals surface area contributed by atoms with Crippen molar-refractivity contribution in [1.29, 1.82) is 0 Å². The number of carboxylic acids is 1. The first-order chi connectivity index (χ1) is 7.52. The fourth-order valence-corrected chi connectivity index (χ4v) is 0.818. The van der Waals surface area contributed by atoms with Crippen LogP contribution in [0.2, 0.25) is 0 Å². The molecular formula is C8H8N4O4. The van der Waals surface area contributed by atoms with Gasteiger partial charge in [0.25, 0.3) is 0 Å². The van der Waals surface area contributed by atoms with Gasteiger partial charge in [0.15, 0.2) is 0 Å². The molecule has 0 radical (unpaired) electrons. The fourth-order valence-electron chi connectivity index (χ4n) is 0.818. The highest BCUT2D eigenvalue weighted by Gasteiger charge is 2.12. The summed E-state index contributed by atoms with van der Waals surface area (Å²) in [5, 5.41) is 22.6. The number of hydrogen-bond acceptors (Lipinski definition) is 6. The molecule has 8 heteroatoms. The standard InChI is InChI=1S/C8H8N4O4/c1-5(8(13)14)10-11-6-2-3-9-4-7(6)12(15)16/h2-4H,1H3,(H,9,11)(H,13,14)/b10-5-. The van der Waals surface area contributed by atoms with E-state index in [2.05, 4.69) is 15.5 Å². The molecule has 1 aromatic heterocycles. The minimum absolute atomic E-state index is 0.0839. The Morgan fingerprint density at radius 2 is 2.38 bits per heavy atom. The summed E-state index contributed by atoms with van der Waals surface area (Å²) in [5.41, 5.74) is 1.91. The molecule has 16 heavy (non-hydrogen) atoms. The molecule has 2 N–H and O–H groups in total. The van der Waals surface area contributed by atoms with Gasteiger partial charge in [-0.05, 0) is 13.0 Å². The number of nitrogens with one attached hydrogen (secondary N) is 1. The second kappa shape index (κ2) is 4.82. The summed E-state index contributed by atoms with van der Waals surface area (Å²) >= 11 is 0. The zero-order chi connectivity index (χ0) is 12.1. The van der Waals surface area contributed by atoms with Gasteiger partial charge in [-0.1, -0.05) is 0 Å². The van der Waals surface area contributed by atoms with Crippen LogP contribution >= 0.6 is 0 Å². The number of carboxylic acid groups (broad SMARTS) is 1. The van der Waals surface area contributed by atoms with Crippen molar-refractivity contribution in [2.75, 3.05) is 5.43 Å². The Labute approximate surface area is 89.8 Å². The number of rotatable bonds is 4. The molecule has 1 aromatic rings. The average molecular weight is 224 g/mol. The van der Waals surface area contributed by atoms with Crippen molar-refractivity contribution in [2.24, 2.45) is 5.10 Å². The molecule has 0 saturated carbocycles. The number of nitro groups is 1. The lowest BCUT2D eigenvalue weighted by molar-refractivity contribution is -0.384. The largest absolute Gasteiger partial charge is 0.477 e. The molecule has 0 aliphatic carbocycles. The number of pyridine rings is 1. The van der Waals surface area contributed by atoms with Crippen molar-refractivity contribution in [3.05, 3.63) is 28.6 Å². The van der Waals surface area contributed by atoms with Gasteiger partial charge in [0.2, 0.25) is 0 Å². The van der Waals surface area contributed by atoms with Gasteiger partial charge < -0.3 is 5.11 Å². The van der Waals surface area contributed by atoms with Crippen LogP contribution in [0.1, 0.15) is 6.92 Å². The fraction of sp³-hybridized carbons (Fsp3) is 0.125. The Morgan fingerprint density at radius 1 is 1.69 bits per heavy atom. The van der Waals surface area contributed by atoms with Crippen molar-refractivity contribution in [3.63, 3.8) is 0 Å². The van der Waals surface area contributed by atoms with Crippen LogP contribution in [0.4, 0.5) is 11.4 Å². The van der Waals surface area contributed by atoms with E-state index in [4.69, 9.17) is 5.11 Å². The number of aromatic nitrogens is 1. The highest BCUT2D eigenvalue weighted by molar-refractivity contribution is 6.34. The Hall–Kier alpha value is -2.51. The summed E-state index contributed by atoms with van der Waals surface area (Å²) in [6, 6.07) is 1.33. The highest BCUT2D eigenvalue weighted by atomic mass is 16.6. The maximum Gasteiger partial charge on any atom is 0.351 e. The Kier molecular flexibility index (Phi) is 3.49. The average Bonchev–Trinajstić information content (AvgIpc) is 2.25. The molecule has 0 aliphatic rings. The van der Waals surface area contributed by atoms with Crippen molar-refractivity contribution in [1.82, 2.24) is 4.98 Å². The predicted octanol–water partition coefficient (Wildman–Crippen LogP) is 0.862. The Balaban J connectivity index is 2.94. The molecule has 0 aliphatic heterocycles. The summed E-state index contributed by atoms with van der Waals surface area (Å²) in [7, 11) is 0. The normalized spacial score (nSPS) is 10.9. The monoisotopic (exact) mass is 224 g/mol. The second-order valence-electron chi connectivity index (χ2n) is 2.76. The maximum absolute atomic E-state index is 10.6. The zero-order valence-electron chi connectivity index (χ0n) is 8.25. The minimum Gasteiger partial charge on any atom is -0.477 e. The summed E-state index contributed by atoms with van der Waals surface area (Å²) < 4.78 is 0. The Morgan fingerprint density at radius 3 is 2.94 bits per heavy atom. The number of hydrazone groups is 1. The van der Waals surface area contributed by atoms with Crippen LogP contribution in [0.15, 0.2) is 23.6 Å². The molecule has 1 rings (SSSR count). The third-order valence-electron chi connectivity index (χ3n) is 1.65. The number of hydrogen-bond donors (Lipinski definition) is 2. The van der Waals surface area contributed by atoms with Gasteiger partial charge in [-0.25, -0.2) is 4.79 Å². The first kappa shape index (κ1) is 11.6. The quantitative estimate of drug-likeness (QED) is 0.445. The van der Waals surface area contributed by atoms with E-state index >= 15 is 0 Å². The first-order valence-corrected chi connectivity index (χ1v) is 4.14. The third-order valence-corrected chi connectivity index (χ3v) is 1.65. The smallest absolute Gasteiger partial charge is 0.351 e. The second-order valence-corrected chi connectivity index (χ2v) is 2.76. The highest BCUT2D eigenvalue weighted by Crippen LogP contribution is 2.21. The topological polar surface area (TPSA) is 118 Å². The van der Waals surface area contributed by atoms with Crippen molar-refractivity contribution >= 4 is 23.1 Å². The molecule has 84 valence electrons. The summed E-state index contributed by atoms with van der Waals surface area (Å²) in [4.78, 5) is 23.9. The van der Waals surface area contributed by atoms with E-state index in [1.165, 1.54) is 19.2 Å². The number of carbonyl (C=O) groups is 1. The molecular weight excluding hydrogens is 216 g/mol. The zero-order valence-corrected chi connectivity index (χ0v) is 8.25. The lowest BCUT2D eigenvalue weighted by Gasteiger charge is -2.01. The van der Waals surface area contributed by atoms with Gasteiger partial charge >= 0.3 is 11.7 Å². The van der Waals surface area contributed by atoms with Gasteiger partial charge in [-0.2, -0.15) is 5.10 Å². The molecule has 8 nitrogen and oxygen atoms in total. The van der Waals surface area contributed by atoms with Gasteiger partial charge in [-0.15, -0.1) is 0 Å². The van der Waals surface area contributed by atoms with Crippen LogP contribution in [0.5, 0.6) is 0 Å². The predicted molar refractivity (Wildman–Crippen MR) is 55.3 cm³/mol. The van der Waals surface area contributed by atoms with Crippen LogP contribution < -0.4 is 5.43 Å². The van der Waals surface area contributed by atoms with Crippen molar-refractivity contribution in [3.8, 4) is 0 Å². The number of aliphatic carboxylic acids is 1. The summed E-state index contributed by atoms with van der Waals surface area (Å²) in [6.07, 6.45) is 2.38. The van der Waals surface area contributed by atoms with E-state index in [0.29, 0.717) is 0 Å². The van der Waals surface area contributed by atoms with E-state index in [1.807, 2.05) is 0 Å². The van der Waals surface area contributed by atoms with Crippen molar-refractivity contribution in [2.45, 2.75) is 6.92 Å². The van der Waals surface area contributed by atoms with E-state index < -0.39 is 10.9 Å².